The number of rotatable bonds is 7. The smallest absolute Gasteiger partial charge is 0.320 e. The Bertz CT molecular complexity index is 787. The molecule has 26 heavy (non-hydrogen) atoms. The molecule has 0 aliphatic heterocycles. The molecule has 0 radical (unpaired) electrons. The van der Waals surface area contributed by atoms with Gasteiger partial charge in [-0.05, 0) is 30.3 Å². The summed E-state index contributed by atoms with van der Waals surface area (Å²) in [5.41, 5.74) is 12.3. The highest BCUT2D eigenvalue weighted by Crippen LogP contribution is 2.38. The summed E-state index contributed by atoms with van der Waals surface area (Å²) in [6.07, 6.45) is 1.98. The number of carboxylic acid groups (broad SMARTS) is 1. The number of carboxylic acids is 1. The largest absolute Gasteiger partial charge is 0.480 e. The zero-order valence-corrected chi connectivity index (χ0v) is 14.8. The molecule has 0 bridgehead atoms. The van der Waals surface area contributed by atoms with Crippen molar-refractivity contribution in [3.63, 3.8) is 0 Å². The van der Waals surface area contributed by atoms with E-state index >= 15 is 0 Å². The molecule has 3 rings (SSSR count). The third kappa shape index (κ3) is 3.61. The second-order valence-electron chi connectivity index (χ2n) is 6.44. The van der Waals surface area contributed by atoms with Crippen LogP contribution in [0.1, 0.15) is 18.9 Å². The van der Waals surface area contributed by atoms with E-state index in [9.17, 15) is 15.0 Å². The third-order valence-electron chi connectivity index (χ3n) is 4.74. The van der Waals surface area contributed by atoms with E-state index in [0.717, 1.165) is 0 Å². The SMILES string of the molecule is Nc1ncnc2c1ncn2[C@@H]1C[C@@H](CSCC[C@H](N)C(=O)O)[C@@H](O)[C@H]1O. The van der Waals surface area contributed by atoms with Crippen molar-refractivity contribution in [2.75, 3.05) is 17.2 Å². The van der Waals surface area contributed by atoms with Gasteiger partial charge >= 0.3 is 5.97 Å². The Balaban J connectivity index is 1.64. The first-order chi connectivity index (χ1) is 12.4. The van der Waals surface area contributed by atoms with Gasteiger partial charge < -0.3 is 31.4 Å². The minimum atomic E-state index is -1.02. The maximum Gasteiger partial charge on any atom is 0.320 e. The van der Waals surface area contributed by atoms with Gasteiger partial charge in [-0.3, -0.25) is 4.79 Å². The number of aromatic nitrogens is 4. The van der Waals surface area contributed by atoms with Crippen LogP contribution in [-0.4, -0.2) is 70.6 Å². The zero-order chi connectivity index (χ0) is 18.8. The number of hydrogen-bond acceptors (Lipinski definition) is 9. The number of nitrogens with zero attached hydrogens (tertiary/aromatic N) is 4. The quantitative estimate of drug-likeness (QED) is 0.382. The summed E-state index contributed by atoms with van der Waals surface area (Å²) in [6.45, 7) is 0. The molecule has 1 fully saturated rings. The summed E-state index contributed by atoms with van der Waals surface area (Å²) in [5.74, 6) is 0.302. The maximum absolute atomic E-state index is 10.7. The Labute approximate surface area is 153 Å². The molecule has 0 amide bonds. The Hall–Kier alpha value is -1.95. The van der Waals surface area contributed by atoms with Gasteiger partial charge in [-0.15, -0.1) is 0 Å². The predicted molar refractivity (Wildman–Crippen MR) is 96.4 cm³/mol. The molecule has 5 atom stereocenters. The van der Waals surface area contributed by atoms with E-state index < -0.39 is 24.2 Å². The molecular weight excluding hydrogens is 360 g/mol. The molecule has 1 saturated carbocycles. The van der Waals surface area contributed by atoms with E-state index in [1.54, 1.807) is 10.9 Å². The number of fused-ring (bicyclic) bond motifs is 1. The fourth-order valence-electron chi connectivity index (χ4n) is 3.22. The molecular formula is C15H22N6O4S. The van der Waals surface area contributed by atoms with Crippen molar-refractivity contribution in [3.05, 3.63) is 12.7 Å². The fraction of sp³-hybridized carbons (Fsp3) is 0.600. The summed E-state index contributed by atoms with van der Waals surface area (Å²) in [6, 6.07) is -1.24. The molecule has 142 valence electrons. The molecule has 2 aromatic rings. The Morgan fingerprint density at radius 3 is 2.85 bits per heavy atom. The van der Waals surface area contributed by atoms with E-state index in [4.69, 9.17) is 16.6 Å². The van der Waals surface area contributed by atoms with E-state index in [1.165, 1.54) is 18.1 Å². The first-order valence-electron chi connectivity index (χ1n) is 8.25. The van der Waals surface area contributed by atoms with Gasteiger partial charge in [-0.2, -0.15) is 11.8 Å². The van der Waals surface area contributed by atoms with E-state index in [0.29, 0.717) is 35.5 Å². The number of hydrogen-bond donors (Lipinski definition) is 5. The average molecular weight is 382 g/mol. The molecule has 0 aromatic carbocycles. The maximum atomic E-state index is 10.7. The van der Waals surface area contributed by atoms with Crippen LogP contribution in [0, 0.1) is 5.92 Å². The highest BCUT2D eigenvalue weighted by molar-refractivity contribution is 7.99. The van der Waals surface area contributed by atoms with Gasteiger partial charge in [0.05, 0.1) is 18.5 Å². The molecule has 1 aliphatic carbocycles. The molecule has 1 aliphatic rings. The number of nitrogen functional groups attached to an aromatic ring is 1. The zero-order valence-electron chi connectivity index (χ0n) is 14.0. The fourth-order valence-corrected chi connectivity index (χ4v) is 4.44. The van der Waals surface area contributed by atoms with Crippen LogP contribution >= 0.6 is 11.8 Å². The number of aliphatic carboxylic acids is 1. The van der Waals surface area contributed by atoms with Crippen LogP contribution in [0.5, 0.6) is 0 Å². The van der Waals surface area contributed by atoms with Gasteiger partial charge in [0.25, 0.3) is 0 Å². The molecule has 0 saturated heterocycles. The number of carbonyl (C=O) groups is 1. The van der Waals surface area contributed by atoms with Gasteiger partial charge in [0.1, 0.15) is 24.0 Å². The highest BCUT2D eigenvalue weighted by atomic mass is 32.2. The van der Waals surface area contributed by atoms with Crippen molar-refractivity contribution >= 4 is 34.7 Å². The van der Waals surface area contributed by atoms with Crippen molar-refractivity contribution in [1.29, 1.82) is 0 Å². The topological polar surface area (TPSA) is 173 Å². The second kappa shape index (κ2) is 7.74. The van der Waals surface area contributed by atoms with E-state index in [2.05, 4.69) is 15.0 Å². The van der Waals surface area contributed by atoms with E-state index in [1.807, 2.05) is 0 Å². The number of aliphatic hydroxyl groups is 2. The molecule has 0 unspecified atom stereocenters. The van der Waals surface area contributed by atoms with Crippen LogP contribution in [0.25, 0.3) is 11.2 Å². The number of aliphatic hydroxyl groups excluding tert-OH is 2. The Morgan fingerprint density at radius 1 is 1.35 bits per heavy atom. The van der Waals surface area contributed by atoms with Crippen molar-refractivity contribution in [2.24, 2.45) is 11.7 Å². The molecule has 2 heterocycles. The summed E-state index contributed by atoms with van der Waals surface area (Å²) < 4.78 is 1.73. The lowest BCUT2D eigenvalue weighted by atomic mass is 10.1. The summed E-state index contributed by atoms with van der Waals surface area (Å²) in [5, 5.41) is 29.6. The van der Waals surface area contributed by atoms with Crippen LogP contribution in [0.3, 0.4) is 0 Å². The molecule has 0 spiro atoms. The lowest BCUT2D eigenvalue weighted by Gasteiger charge is -2.18. The first kappa shape index (κ1) is 18.8. The Morgan fingerprint density at radius 2 is 2.12 bits per heavy atom. The monoisotopic (exact) mass is 382 g/mol. The van der Waals surface area contributed by atoms with Crippen LogP contribution in [-0.2, 0) is 4.79 Å². The minimum absolute atomic E-state index is 0.127. The van der Waals surface area contributed by atoms with Crippen molar-refractivity contribution in [3.8, 4) is 0 Å². The molecule has 2 aromatic heterocycles. The van der Waals surface area contributed by atoms with Gasteiger partial charge in [0.15, 0.2) is 11.5 Å². The molecule has 7 N–H and O–H groups in total. The number of nitrogens with two attached hydrogens (primary N) is 2. The molecule has 10 nitrogen and oxygen atoms in total. The summed E-state index contributed by atoms with van der Waals surface area (Å²) in [7, 11) is 0. The van der Waals surface area contributed by atoms with Gasteiger partial charge in [-0.25, -0.2) is 15.0 Å². The van der Waals surface area contributed by atoms with E-state index in [-0.39, 0.29) is 17.8 Å². The van der Waals surface area contributed by atoms with Gasteiger partial charge in [0, 0.05) is 0 Å². The number of anilines is 1. The normalized spacial score (nSPS) is 27.0. The van der Waals surface area contributed by atoms with Crippen LogP contribution < -0.4 is 11.5 Å². The average Bonchev–Trinajstić information content (AvgIpc) is 3.15. The van der Waals surface area contributed by atoms with Crippen molar-refractivity contribution in [1.82, 2.24) is 19.5 Å². The van der Waals surface area contributed by atoms with Crippen molar-refractivity contribution in [2.45, 2.75) is 37.1 Å². The lowest BCUT2D eigenvalue weighted by Crippen LogP contribution is -2.31. The first-order valence-corrected chi connectivity index (χ1v) is 9.41. The summed E-state index contributed by atoms with van der Waals surface area (Å²) >= 11 is 1.52. The minimum Gasteiger partial charge on any atom is -0.480 e. The van der Waals surface area contributed by atoms with Crippen LogP contribution in [0.2, 0.25) is 0 Å². The lowest BCUT2D eigenvalue weighted by molar-refractivity contribution is -0.138. The second-order valence-corrected chi connectivity index (χ2v) is 7.59. The standard InChI is InChI=1S/C15H22N6O4S/c16-8(15(24)25)1-2-26-4-7-3-9(12(23)11(7)22)21-6-20-10-13(17)18-5-19-14(10)21/h5-9,11-12,22-23H,1-4,16H2,(H,24,25)(H2,17,18,19)/t7-,8-,9+,11+,12-/m0/s1. The van der Waals surface area contributed by atoms with Crippen LogP contribution in [0.15, 0.2) is 12.7 Å². The van der Waals surface area contributed by atoms with Crippen LogP contribution in [0.4, 0.5) is 5.82 Å². The highest BCUT2D eigenvalue weighted by Gasteiger charge is 2.42. The van der Waals surface area contributed by atoms with Crippen molar-refractivity contribution < 1.29 is 20.1 Å². The summed E-state index contributed by atoms with van der Waals surface area (Å²) in [4.78, 5) is 23.0. The number of thioether (sulfide) groups is 1. The molecule has 11 heteroatoms. The van der Waals surface area contributed by atoms with Gasteiger partial charge in [0.2, 0.25) is 0 Å². The Kier molecular flexibility index (Phi) is 5.61. The van der Waals surface area contributed by atoms with Gasteiger partial charge in [-0.1, -0.05) is 0 Å². The number of imidazole rings is 1. The third-order valence-corrected chi connectivity index (χ3v) is 5.93. The predicted octanol–water partition coefficient (Wildman–Crippen LogP) is -0.773.